The normalized spacial score (nSPS) is 36.3. The molecule has 2 bridgehead atoms. The predicted octanol–water partition coefficient (Wildman–Crippen LogP) is 2.45. The molecule has 0 amide bonds. The Morgan fingerprint density at radius 3 is 2.56 bits per heavy atom. The van der Waals surface area contributed by atoms with Crippen molar-refractivity contribution in [2.45, 2.75) is 24.7 Å². The molecule has 0 aromatic heterocycles. The van der Waals surface area contributed by atoms with Gasteiger partial charge in [0.05, 0.1) is 11.5 Å². The van der Waals surface area contributed by atoms with Crippen LogP contribution in [0.5, 0.6) is 0 Å². The van der Waals surface area contributed by atoms with Crippen molar-refractivity contribution in [3.8, 4) is 6.07 Å². The zero-order valence-corrected chi connectivity index (χ0v) is 9.02. The van der Waals surface area contributed by atoms with E-state index >= 15 is 0 Å². The zero-order valence-electron chi connectivity index (χ0n) is 9.02. The van der Waals surface area contributed by atoms with Crippen LogP contribution in [0.4, 0.5) is 0 Å². The highest BCUT2D eigenvalue weighted by molar-refractivity contribution is 5.85. The number of nitriles is 1. The van der Waals surface area contributed by atoms with Gasteiger partial charge in [-0.1, -0.05) is 30.3 Å². The van der Waals surface area contributed by atoms with Crippen molar-refractivity contribution >= 4 is 5.78 Å². The molecule has 0 N–H and O–H groups in total. The molecule has 2 fully saturated rings. The molecule has 2 aliphatic carbocycles. The van der Waals surface area contributed by atoms with Crippen molar-refractivity contribution in [3.63, 3.8) is 0 Å². The number of hydrogen-bond acceptors (Lipinski definition) is 2. The second kappa shape index (κ2) is 3.18. The summed E-state index contributed by atoms with van der Waals surface area (Å²) in [4.78, 5) is 11.6. The van der Waals surface area contributed by atoms with E-state index in [1.165, 1.54) is 0 Å². The quantitative estimate of drug-likeness (QED) is 0.715. The molecule has 2 aliphatic rings. The molecule has 3 rings (SSSR count). The van der Waals surface area contributed by atoms with E-state index < -0.39 is 0 Å². The fraction of sp³-hybridized carbons (Fsp3) is 0.429. The molecule has 0 aliphatic heterocycles. The van der Waals surface area contributed by atoms with Gasteiger partial charge < -0.3 is 0 Å². The van der Waals surface area contributed by atoms with Gasteiger partial charge in [-0.25, -0.2) is 0 Å². The van der Waals surface area contributed by atoms with E-state index in [-0.39, 0.29) is 17.3 Å². The van der Waals surface area contributed by atoms with Crippen molar-refractivity contribution in [2.24, 2.45) is 11.8 Å². The summed E-state index contributed by atoms with van der Waals surface area (Å²) in [5.74, 6) is 0.758. The molecule has 1 aromatic rings. The molecule has 1 aromatic carbocycles. The molecule has 0 heterocycles. The van der Waals surface area contributed by atoms with Gasteiger partial charge in [-0.3, -0.25) is 4.79 Å². The van der Waals surface area contributed by atoms with Crippen molar-refractivity contribution < 1.29 is 4.79 Å². The summed E-state index contributed by atoms with van der Waals surface area (Å²) in [5, 5.41) is 9.52. The van der Waals surface area contributed by atoms with Gasteiger partial charge in [0.25, 0.3) is 0 Å². The zero-order chi connectivity index (χ0) is 11.2. The fourth-order valence-corrected chi connectivity index (χ4v) is 3.39. The Kier molecular flexibility index (Phi) is 1.91. The van der Waals surface area contributed by atoms with E-state index in [1.807, 2.05) is 30.3 Å². The summed E-state index contributed by atoms with van der Waals surface area (Å²) in [6.45, 7) is 0. The van der Waals surface area contributed by atoms with Gasteiger partial charge in [0.15, 0.2) is 0 Å². The third-order valence-corrected chi connectivity index (χ3v) is 4.23. The second-order valence-corrected chi connectivity index (χ2v) is 4.95. The molecule has 0 spiro atoms. The van der Waals surface area contributed by atoms with E-state index in [4.69, 9.17) is 0 Å². The maximum absolute atomic E-state index is 11.6. The molecule has 2 nitrogen and oxygen atoms in total. The van der Waals surface area contributed by atoms with Gasteiger partial charge in [-0.05, 0) is 24.3 Å². The van der Waals surface area contributed by atoms with E-state index in [0.717, 1.165) is 18.4 Å². The van der Waals surface area contributed by atoms with Crippen LogP contribution in [-0.4, -0.2) is 5.78 Å². The number of carbonyl (C=O) groups excluding carboxylic acids is 1. The number of benzene rings is 1. The van der Waals surface area contributed by atoms with Crippen molar-refractivity contribution in [1.29, 1.82) is 5.26 Å². The number of rotatable bonds is 1. The Hall–Kier alpha value is -1.62. The summed E-state index contributed by atoms with van der Waals surface area (Å²) in [6, 6.07) is 12.5. The van der Waals surface area contributed by atoms with Gasteiger partial charge in [0.1, 0.15) is 5.78 Å². The monoisotopic (exact) mass is 211 g/mol. The maximum atomic E-state index is 11.6. The average Bonchev–Trinajstić information content (AvgIpc) is 2.87. The first-order valence-electron chi connectivity index (χ1n) is 5.76. The van der Waals surface area contributed by atoms with Gasteiger partial charge in [-0.15, -0.1) is 0 Å². The topological polar surface area (TPSA) is 40.9 Å². The minimum absolute atomic E-state index is 0.143. The van der Waals surface area contributed by atoms with Crippen LogP contribution >= 0.6 is 0 Å². The summed E-state index contributed by atoms with van der Waals surface area (Å²) in [7, 11) is 0. The lowest BCUT2D eigenvalue weighted by molar-refractivity contribution is -0.122. The lowest BCUT2D eigenvalue weighted by Gasteiger charge is -2.30. The first-order chi connectivity index (χ1) is 7.76. The van der Waals surface area contributed by atoms with Crippen LogP contribution in [0.2, 0.25) is 0 Å². The number of ketones is 1. The largest absolute Gasteiger partial charge is 0.299 e. The Balaban J connectivity index is 2.05. The van der Waals surface area contributed by atoms with Gasteiger partial charge in [0.2, 0.25) is 0 Å². The van der Waals surface area contributed by atoms with Crippen molar-refractivity contribution in [2.75, 3.05) is 0 Å². The van der Waals surface area contributed by atoms with Crippen LogP contribution in [-0.2, 0) is 10.2 Å². The Labute approximate surface area is 94.9 Å². The summed E-state index contributed by atoms with van der Waals surface area (Å²) in [5.41, 5.74) is 0.706. The fourth-order valence-electron chi connectivity index (χ4n) is 3.39. The molecule has 0 saturated heterocycles. The van der Waals surface area contributed by atoms with E-state index in [1.54, 1.807) is 0 Å². The maximum Gasteiger partial charge on any atom is 0.136 e. The summed E-state index contributed by atoms with van der Waals surface area (Å²) < 4.78 is 0. The Bertz CT molecular complexity index is 473. The minimum Gasteiger partial charge on any atom is -0.299 e. The van der Waals surface area contributed by atoms with Crippen LogP contribution in [0.1, 0.15) is 24.8 Å². The molecule has 1 unspecified atom stereocenters. The van der Waals surface area contributed by atoms with Crippen molar-refractivity contribution in [1.82, 2.24) is 0 Å². The van der Waals surface area contributed by atoms with Gasteiger partial charge >= 0.3 is 0 Å². The molecule has 2 saturated carbocycles. The molecule has 2 heteroatoms. The highest BCUT2D eigenvalue weighted by Crippen LogP contribution is 2.55. The Morgan fingerprint density at radius 1 is 1.31 bits per heavy atom. The first-order valence-corrected chi connectivity index (χ1v) is 5.76. The minimum atomic E-state index is -0.389. The number of nitrogens with zero attached hydrogens (tertiary/aromatic N) is 1. The molecule has 80 valence electrons. The molecule has 3 atom stereocenters. The lowest BCUT2D eigenvalue weighted by Crippen LogP contribution is -2.33. The van der Waals surface area contributed by atoms with Crippen LogP contribution in [0.3, 0.4) is 0 Å². The van der Waals surface area contributed by atoms with Gasteiger partial charge in [-0.2, -0.15) is 5.26 Å². The average molecular weight is 211 g/mol. The van der Waals surface area contributed by atoms with Crippen molar-refractivity contribution in [3.05, 3.63) is 35.9 Å². The molecule has 0 radical (unpaired) electrons. The number of fused-ring (bicyclic) bond motifs is 2. The molecular formula is C14H13NO. The van der Waals surface area contributed by atoms with Crippen LogP contribution in [0.25, 0.3) is 0 Å². The second-order valence-electron chi connectivity index (χ2n) is 4.95. The summed E-state index contributed by atoms with van der Waals surface area (Å²) >= 11 is 0. The SMILES string of the molecule is N#C[C@@]1(c2ccccc2)C[C@@H]2CC1CC2=O. The van der Waals surface area contributed by atoms with Crippen LogP contribution < -0.4 is 0 Å². The molecule has 16 heavy (non-hydrogen) atoms. The predicted molar refractivity (Wildman–Crippen MR) is 59.6 cm³/mol. The first kappa shape index (κ1) is 9.59. The van der Waals surface area contributed by atoms with Crippen LogP contribution in [0, 0.1) is 23.2 Å². The van der Waals surface area contributed by atoms with Crippen LogP contribution in [0.15, 0.2) is 30.3 Å². The van der Waals surface area contributed by atoms with E-state index in [9.17, 15) is 10.1 Å². The number of hydrogen-bond donors (Lipinski definition) is 0. The van der Waals surface area contributed by atoms with Gasteiger partial charge in [0, 0.05) is 12.3 Å². The third kappa shape index (κ3) is 1.09. The highest BCUT2D eigenvalue weighted by atomic mass is 16.1. The lowest BCUT2D eigenvalue weighted by atomic mass is 9.69. The summed E-state index contributed by atoms with van der Waals surface area (Å²) in [6.07, 6.45) is 2.26. The number of Topliss-reactive ketones (excluding diaryl/α,β-unsaturated/α-hetero) is 1. The highest BCUT2D eigenvalue weighted by Gasteiger charge is 2.56. The number of carbonyl (C=O) groups is 1. The standard InChI is InChI=1S/C14H13NO/c15-9-14(11-4-2-1-3-5-11)8-10-6-12(14)7-13(10)16/h1-5,10,12H,6-8H2/t10-,12?,14+/m0/s1. The van der Waals surface area contributed by atoms with E-state index in [0.29, 0.717) is 12.2 Å². The smallest absolute Gasteiger partial charge is 0.136 e. The Morgan fingerprint density at radius 2 is 2.06 bits per heavy atom. The molecular weight excluding hydrogens is 198 g/mol. The third-order valence-electron chi connectivity index (χ3n) is 4.23. The van der Waals surface area contributed by atoms with E-state index in [2.05, 4.69) is 6.07 Å².